The second-order valence-electron chi connectivity index (χ2n) is 6.27. The first kappa shape index (κ1) is 15.7. The molecule has 3 aromatic rings. The van der Waals surface area contributed by atoms with Crippen molar-refractivity contribution < 1.29 is 9.21 Å². The van der Waals surface area contributed by atoms with E-state index in [2.05, 4.69) is 5.10 Å². The fourth-order valence-corrected chi connectivity index (χ4v) is 3.41. The average molecular weight is 340 g/mol. The van der Waals surface area contributed by atoms with Gasteiger partial charge < -0.3 is 9.32 Å². The Labute approximate surface area is 144 Å². The van der Waals surface area contributed by atoms with Gasteiger partial charge in [0.25, 0.3) is 0 Å². The van der Waals surface area contributed by atoms with Gasteiger partial charge in [-0.1, -0.05) is 13.0 Å². The molecule has 0 N–H and O–H groups in total. The average Bonchev–Trinajstić information content (AvgIpc) is 3.34. The molecule has 0 aliphatic carbocycles. The molecule has 25 heavy (non-hydrogen) atoms. The quantitative estimate of drug-likeness (QED) is 0.728. The molecule has 0 unspecified atom stereocenters. The molecular formula is C18H20N4O3. The van der Waals surface area contributed by atoms with Crippen LogP contribution in [0.25, 0.3) is 5.65 Å². The number of aromatic nitrogens is 3. The third-order valence-electron chi connectivity index (χ3n) is 4.71. The minimum absolute atomic E-state index is 0.0551. The van der Waals surface area contributed by atoms with Crippen LogP contribution < -0.4 is 5.69 Å². The second kappa shape index (κ2) is 6.23. The first-order valence-electron chi connectivity index (χ1n) is 8.59. The maximum atomic E-state index is 12.8. The van der Waals surface area contributed by atoms with Crippen LogP contribution in [0, 0.1) is 0 Å². The molecule has 3 aromatic heterocycles. The summed E-state index contributed by atoms with van der Waals surface area (Å²) >= 11 is 0. The summed E-state index contributed by atoms with van der Waals surface area (Å²) in [6, 6.07) is 9.18. The number of likely N-dealkylation sites (tertiary alicyclic amines) is 1. The van der Waals surface area contributed by atoms with Crippen LogP contribution in [-0.4, -0.2) is 31.5 Å². The highest BCUT2D eigenvalue weighted by atomic mass is 16.3. The van der Waals surface area contributed by atoms with Crippen LogP contribution in [0.5, 0.6) is 0 Å². The molecule has 1 amide bonds. The maximum absolute atomic E-state index is 12.8. The van der Waals surface area contributed by atoms with Gasteiger partial charge in [-0.2, -0.15) is 0 Å². The standard InChI is InChI=1S/C18H20N4O3/c1-2-13-8-9-15(25-13)14-6-5-11-20(14)17(23)12-22-18(24)21-10-4-3-7-16(21)19-22/h3-4,7-10,14H,2,5-6,11-12H2,1H3/t14-/m0/s1. The fraction of sp³-hybridized carbons (Fsp3) is 0.389. The highest BCUT2D eigenvalue weighted by Crippen LogP contribution is 2.33. The molecule has 0 aromatic carbocycles. The van der Waals surface area contributed by atoms with Gasteiger partial charge in [0.1, 0.15) is 18.1 Å². The number of nitrogens with zero attached hydrogens (tertiary/aromatic N) is 4. The first-order chi connectivity index (χ1) is 12.2. The van der Waals surface area contributed by atoms with Gasteiger partial charge in [-0.05, 0) is 37.1 Å². The van der Waals surface area contributed by atoms with E-state index < -0.39 is 0 Å². The van der Waals surface area contributed by atoms with Gasteiger partial charge in [0.15, 0.2) is 5.65 Å². The van der Waals surface area contributed by atoms with Crippen LogP contribution in [0.4, 0.5) is 0 Å². The van der Waals surface area contributed by atoms with Crippen LogP contribution in [0.15, 0.2) is 45.7 Å². The van der Waals surface area contributed by atoms with E-state index in [-0.39, 0.29) is 24.2 Å². The van der Waals surface area contributed by atoms with E-state index in [1.807, 2.05) is 25.1 Å². The van der Waals surface area contributed by atoms with E-state index in [1.165, 1.54) is 9.08 Å². The number of aryl methyl sites for hydroxylation is 1. The van der Waals surface area contributed by atoms with Crippen molar-refractivity contribution >= 4 is 11.6 Å². The zero-order chi connectivity index (χ0) is 17.4. The Bertz CT molecular complexity index is 968. The minimum atomic E-state index is -0.300. The molecule has 4 rings (SSSR count). The van der Waals surface area contributed by atoms with Gasteiger partial charge in [0, 0.05) is 19.2 Å². The molecule has 1 saturated heterocycles. The van der Waals surface area contributed by atoms with E-state index in [0.717, 1.165) is 30.8 Å². The highest BCUT2D eigenvalue weighted by Gasteiger charge is 2.32. The smallest absolute Gasteiger partial charge is 0.350 e. The number of amides is 1. The Balaban J connectivity index is 1.57. The Morgan fingerprint density at radius 2 is 2.20 bits per heavy atom. The molecule has 0 saturated carbocycles. The zero-order valence-electron chi connectivity index (χ0n) is 14.1. The van der Waals surface area contributed by atoms with Crippen molar-refractivity contribution in [3.63, 3.8) is 0 Å². The van der Waals surface area contributed by atoms with Crippen molar-refractivity contribution in [1.29, 1.82) is 0 Å². The summed E-state index contributed by atoms with van der Waals surface area (Å²) in [5, 5.41) is 4.23. The maximum Gasteiger partial charge on any atom is 0.350 e. The molecule has 1 aliphatic heterocycles. The number of rotatable bonds is 4. The summed E-state index contributed by atoms with van der Waals surface area (Å²) in [6.07, 6.45) is 4.29. The van der Waals surface area contributed by atoms with Gasteiger partial charge in [-0.15, -0.1) is 5.10 Å². The lowest BCUT2D eigenvalue weighted by molar-refractivity contribution is -0.133. The Hall–Kier alpha value is -2.83. The molecular weight excluding hydrogens is 320 g/mol. The largest absolute Gasteiger partial charge is 0.464 e. The lowest BCUT2D eigenvalue weighted by Crippen LogP contribution is -2.36. The van der Waals surface area contributed by atoms with E-state index in [4.69, 9.17) is 4.42 Å². The fourth-order valence-electron chi connectivity index (χ4n) is 3.41. The predicted octanol–water partition coefficient (Wildman–Crippen LogP) is 2.02. The van der Waals surface area contributed by atoms with Crippen LogP contribution in [0.1, 0.15) is 37.3 Å². The van der Waals surface area contributed by atoms with Gasteiger partial charge in [-0.25, -0.2) is 9.48 Å². The lowest BCUT2D eigenvalue weighted by atomic mass is 10.1. The summed E-state index contributed by atoms with van der Waals surface area (Å²) in [5.41, 5.74) is 0.239. The number of hydrogen-bond donors (Lipinski definition) is 0. The summed E-state index contributed by atoms with van der Waals surface area (Å²) in [5.74, 6) is 1.64. The molecule has 0 bridgehead atoms. The third-order valence-corrected chi connectivity index (χ3v) is 4.71. The lowest BCUT2D eigenvalue weighted by Gasteiger charge is -2.23. The Kier molecular flexibility index (Phi) is 3.91. The monoisotopic (exact) mass is 340 g/mol. The van der Waals surface area contributed by atoms with Crippen molar-refractivity contribution in [3.8, 4) is 0 Å². The molecule has 7 heteroatoms. The first-order valence-corrected chi connectivity index (χ1v) is 8.59. The number of carbonyl (C=O) groups excluding carboxylic acids is 1. The molecule has 0 spiro atoms. The summed E-state index contributed by atoms with van der Waals surface area (Å²) in [4.78, 5) is 26.9. The Morgan fingerprint density at radius 3 is 2.96 bits per heavy atom. The van der Waals surface area contributed by atoms with E-state index in [0.29, 0.717) is 12.2 Å². The van der Waals surface area contributed by atoms with Crippen LogP contribution in [0.3, 0.4) is 0 Å². The van der Waals surface area contributed by atoms with Crippen molar-refractivity contribution in [2.45, 2.75) is 38.8 Å². The van der Waals surface area contributed by atoms with Gasteiger partial charge >= 0.3 is 5.69 Å². The molecule has 130 valence electrons. The van der Waals surface area contributed by atoms with Crippen molar-refractivity contribution in [1.82, 2.24) is 19.1 Å². The van der Waals surface area contributed by atoms with Gasteiger partial charge in [0.05, 0.1) is 6.04 Å². The number of pyridine rings is 1. The van der Waals surface area contributed by atoms with Gasteiger partial charge in [0.2, 0.25) is 5.91 Å². The number of hydrogen-bond acceptors (Lipinski definition) is 4. The van der Waals surface area contributed by atoms with Crippen molar-refractivity contribution in [3.05, 3.63) is 58.5 Å². The minimum Gasteiger partial charge on any atom is -0.464 e. The Morgan fingerprint density at radius 1 is 1.32 bits per heavy atom. The van der Waals surface area contributed by atoms with Crippen molar-refractivity contribution in [2.75, 3.05) is 6.54 Å². The summed E-state index contributed by atoms with van der Waals surface area (Å²) < 4.78 is 8.51. The normalized spacial score (nSPS) is 17.5. The van der Waals surface area contributed by atoms with Crippen molar-refractivity contribution in [2.24, 2.45) is 0 Å². The van der Waals surface area contributed by atoms with E-state index in [9.17, 15) is 9.59 Å². The molecule has 4 heterocycles. The highest BCUT2D eigenvalue weighted by molar-refractivity contribution is 5.76. The van der Waals surface area contributed by atoms with Crippen LogP contribution in [0.2, 0.25) is 0 Å². The van der Waals surface area contributed by atoms with E-state index in [1.54, 1.807) is 23.2 Å². The molecule has 1 aliphatic rings. The number of fused-ring (bicyclic) bond motifs is 1. The zero-order valence-corrected chi connectivity index (χ0v) is 14.1. The predicted molar refractivity (Wildman–Crippen MR) is 91.2 cm³/mol. The SMILES string of the molecule is CCc1ccc([C@@H]2CCCN2C(=O)Cn2nc3ccccn3c2=O)o1. The summed E-state index contributed by atoms with van der Waals surface area (Å²) in [7, 11) is 0. The molecule has 0 radical (unpaired) electrons. The van der Waals surface area contributed by atoms with Crippen LogP contribution >= 0.6 is 0 Å². The topological polar surface area (TPSA) is 72.8 Å². The molecule has 1 fully saturated rings. The molecule has 7 nitrogen and oxygen atoms in total. The van der Waals surface area contributed by atoms with E-state index >= 15 is 0 Å². The third kappa shape index (κ3) is 2.75. The number of furan rings is 1. The number of carbonyl (C=O) groups is 1. The second-order valence-corrected chi connectivity index (χ2v) is 6.27. The van der Waals surface area contributed by atoms with Gasteiger partial charge in [-0.3, -0.25) is 9.20 Å². The molecule has 1 atom stereocenters. The summed E-state index contributed by atoms with van der Waals surface area (Å²) in [6.45, 7) is 2.65. The van der Waals surface area contributed by atoms with Crippen LogP contribution in [-0.2, 0) is 17.8 Å².